The Morgan fingerprint density at radius 3 is 3.08 bits per heavy atom. The molecule has 0 amide bonds. The summed E-state index contributed by atoms with van der Waals surface area (Å²) in [6, 6.07) is 0. The van der Waals surface area contributed by atoms with Gasteiger partial charge in [0, 0.05) is 7.11 Å². The molecule has 0 fully saturated rings. The van der Waals surface area contributed by atoms with Gasteiger partial charge in [0.15, 0.2) is 0 Å². The number of ether oxygens (including phenoxy) is 1. The second kappa shape index (κ2) is 4.25. The second-order valence-electron chi connectivity index (χ2n) is 2.43. The summed E-state index contributed by atoms with van der Waals surface area (Å²) in [5.74, 6) is 0. The van der Waals surface area contributed by atoms with E-state index >= 15 is 0 Å². The number of methoxy groups -OCH3 is 1. The number of nitrogen functional groups attached to an aromatic ring is 1. The predicted molar refractivity (Wildman–Crippen MR) is 49.8 cm³/mol. The van der Waals surface area contributed by atoms with Crippen molar-refractivity contribution in [1.29, 1.82) is 0 Å². The Hall–Kier alpha value is -1.07. The van der Waals surface area contributed by atoms with Crippen molar-refractivity contribution < 1.29 is 4.74 Å². The van der Waals surface area contributed by atoms with E-state index in [9.17, 15) is 4.79 Å². The van der Waals surface area contributed by atoms with Gasteiger partial charge in [-0.15, -0.1) is 0 Å². The van der Waals surface area contributed by atoms with Crippen LogP contribution in [0.5, 0.6) is 0 Å². The quantitative estimate of drug-likeness (QED) is 0.758. The van der Waals surface area contributed by atoms with Crippen molar-refractivity contribution in [2.24, 2.45) is 0 Å². The Labute approximate surface area is 80.1 Å². The zero-order valence-electron chi connectivity index (χ0n) is 7.16. The fourth-order valence-corrected chi connectivity index (χ4v) is 0.961. The molecule has 0 spiro atoms. The number of aromatic nitrogens is 2. The molecule has 0 aromatic carbocycles. The molecule has 0 atom stereocenters. The smallest absolute Gasteiger partial charge is 0.287 e. The van der Waals surface area contributed by atoms with Gasteiger partial charge in [0.2, 0.25) is 0 Å². The Morgan fingerprint density at radius 1 is 1.77 bits per heavy atom. The number of halogens is 1. The molecule has 1 aromatic rings. The molecule has 6 heteroatoms. The van der Waals surface area contributed by atoms with Crippen molar-refractivity contribution in [1.82, 2.24) is 9.78 Å². The SMILES string of the molecule is COCCn1ncc(N)c(Cl)c1=O. The molecule has 1 aromatic heterocycles. The van der Waals surface area contributed by atoms with Gasteiger partial charge in [-0.2, -0.15) is 5.10 Å². The van der Waals surface area contributed by atoms with Crippen molar-refractivity contribution in [3.8, 4) is 0 Å². The minimum absolute atomic E-state index is 0.00565. The largest absolute Gasteiger partial charge is 0.396 e. The highest BCUT2D eigenvalue weighted by Gasteiger charge is 2.05. The van der Waals surface area contributed by atoms with Crippen LogP contribution in [0.4, 0.5) is 5.69 Å². The summed E-state index contributed by atoms with van der Waals surface area (Å²) in [6.07, 6.45) is 1.35. The molecule has 0 bridgehead atoms. The summed E-state index contributed by atoms with van der Waals surface area (Å²) in [5, 5.41) is 3.80. The summed E-state index contributed by atoms with van der Waals surface area (Å²) in [6.45, 7) is 0.780. The van der Waals surface area contributed by atoms with Crippen LogP contribution in [0, 0.1) is 0 Å². The number of hydrogen-bond acceptors (Lipinski definition) is 4. The van der Waals surface area contributed by atoms with Crippen molar-refractivity contribution in [2.75, 3.05) is 19.5 Å². The number of nitrogens with two attached hydrogens (primary N) is 1. The lowest BCUT2D eigenvalue weighted by molar-refractivity contribution is 0.182. The first-order valence-corrected chi connectivity index (χ1v) is 4.04. The lowest BCUT2D eigenvalue weighted by Gasteiger charge is -2.04. The van der Waals surface area contributed by atoms with Crippen LogP contribution in [-0.2, 0) is 11.3 Å². The number of hydrogen-bond donors (Lipinski definition) is 1. The van der Waals surface area contributed by atoms with Crippen LogP contribution >= 0.6 is 11.6 Å². The molecule has 5 nitrogen and oxygen atoms in total. The van der Waals surface area contributed by atoms with Gasteiger partial charge < -0.3 is 10.5 Å². The lowest BCUT2D eigenvalue weighted by Crippen LogP contribution is -2.25. The van der Waals surface area contributed by atoms with Crippen LogP contribution in [0.1, 0.15) is 0 Å². The van der Waals surface area contributed by atoms with Crippen LogP contribution < -0.4 is 11.3 Å². The molecule has 13 heavy (non-hydrogen) atoms. The normalized spacial score (nSPS) is 10.3. The molecular weight excluding hydrogens is 194 g/mol. The standard InChI is InChI=1S/C7H10ClN3O2/c1-13-3-2-11-7(12)6(8)5(9)4-10-11/h4H,2-3,9H2,1H3. The van der Waals surface area contributed by atoms with Gasteiger partial charge in [0.25, 0.3) is 5.56 Å². The lowest BCUT2D eigenvalue weighted by atomic mass is 10.5. The van der Waals surface area contributed by atoms with Crippen molar-refractivity contribution in [3.05, 3.63) is 21.6 Å². The Morgan fingerprint density at radius 2 is 2.46 bits per heavy atom. The van der Waals surface area contributed by atoms with E-state index in [1.165, 1.54) is 10.9 Å². The van der Waals surface area contributed by atoms with Crippen molar-refractivity contribution in [2.45, 2.75) is 6.54 Å². The molecule has 0 saturated heterocycles. The highest BCUT2D eigenvalue weighted by Crippen LogP contribution is 2.09. The fraction of sp³-hybridized carbons (Fsp3) is 0.429. The molecule has 0 aliphatic heterocycles. The highest BCUT2D eigenvalue weighted by molar-refractivity contribution is 6.32. The third-order valence-electron chi connectivity index (χ3n) is 1.52. The zero-order chi connectivity index (χ0) is 9.84. The minimum atomic E-state index is -0.390. The molecule has 72 valence electrons. The Kier molecular flexibility index (Phi) is 3.27. The van der Waals surface area contributed by atoms with Gasteiger partial charge in [0.05, 0.1) is 25.0 Å². The van der Waals surface area contributed by atoms with Gasteiger partial charge in [-0.25, -0.2) is 4.68 Å². The van der Waals surface area contributed by atoms with Crippen LogP contribution in [0.2, 0.25) is 5.02 Å². The fourth-order valence-electron chi connectivity index (χ4n) is 0.815. The molecule has 2 N–H and O–H groups in total. The van der Waals surface area contributed by atoms with E-state index in [2.05, 4.69) is 5.10 Å². The van der Waals surface area contributed by atoms with Crippen LogP contribution in [0.25, 0.3) is 0 Å². The number of rotatable bonds is 3. The molecule has 0 saturated carbocycles. The van der Waals surface area contributed by atoms with Gasteiger partial charge in [-0.1, -0.05) is 11.6 Å². The first-order valence-electron chi connectivity index (χ1n) is 3.67. The number of anilines is 1. The highest BCUT2D eigenvalue weighted by atomic mass is 35.5. The minimum Gasteiger partial charge on any atom is -0.396 e. The molecule has 0 unspecified atom stereocenters. The maximum Gasteiger partial charge on any atom is 0.287 e. The maximum absolute atomic E-state index is 11.3. The summed E-state index contributed by atoms with van der Waals surface area (Å²) < 4.78 is 6.01. The third-order valence-corrected chi connectivity index (χ3v) is 1.90. The summed E-state index contributed by atoms with van der Waals surface area (Å²) in [7, 11) is 1.55. The van der Waals surface area contributed by atoms with E-state index < -0.39 is 5.56 Å². The topological polar surface area (TPSA) is 70.1 Å². The molecule has 1 heterocycles. The van der Waals surface area contributed by atoms with Gasteiger partial charge in [-0.3, -0.25) is 4.79 Å². The van der Waals surface area contributed by atoms with E-state index in [0.717, 1.165) is 0 Å². The van der Waals surface area contributed by atoms with E-state index in [-0.39, 0.29) is 10.7 Å². The third kappa shape index (κ3) is 2.19. The van der Waals surface area contributed by atoms with Gasteiger partial charge in [-0.05, 0) is 0 Å². The molecule has 0 radical (unpaired) electrons. The van der Waals surface area contributed by atoms with E-state index in [0.29, 0.717) is 13.2 Å². The van der Waals surface area contributed by atoms with Crippen molar-refractivity contribution >= 4 is 17.3 Å². The Bertz CT molecular complexity index is 350. The van der Waals surface area contributed by atoms with Gasteiger partial charge >= 0.3 is 0 Å². The van der Waals surface area contributed by atoms with E-state index in [4.69, 9.17) is 22.1 Å². The molecule has 0 aliphatic carbocycles. The van der Waals surface area contributed by atoms with Crippen LogP contribution in [-0.4, -0.2) is 23.5 Å². The summed E-state index contributed by atoms with van der Waals surface area (Å²) in [5.41, 5.74) is 5.18. The second-order valence-corrected chi connectivity index (χ2v) is 2.81. The first-order chi connectivity index (χ1) is 6.16. The molecule has 0 aliphatic rings. The van der Waals surface area contributed by atoms with E-state index in [1.54, 1.807) is 7.11 Å². The summed E-state index contributed by atoms with van der Waals surface area (Å²) >= 11 is 5.62. The average Bonchev–Trinajstić information content (AvgIpc) is 2.13. The summed E-state index contributed by atoms with van der Waals surface area (Å²) in [4.78, 5) is 11.3. The molecular formula is C7H10ClN3O2. The van der Waals surface area contributed by atoms with Crippen LogP contribution in [0.3, 0.4) is 0 Å². The maximum atomic E-state index is 11.3. The Balaban J connectivity index is 2.97. The first kappa shape index (κ1) is 10.0. The average molecular weight is 204 g/mol. The predicted octanol–water partition coefficient (Wildman–Crippen LogP) is 0.125. The van der Waals surface area contributed by atoms with E-state index in [1.807, 2.05) is 0 Å². The number of nitrogens with zero attached hydrogens (tertiary/aromatic N) is 2. The zero-order valence-corrected chi connectivity index (χ0v) is 7.91. The monoisotopic (exact) mass is 203 g/mol. The van der Waals surface area contributed by atoms with Crippen molar-refractivity contribution in [3.63, 3.8) is 0 Å². The van der Waals surface area contributed by atoms with Gasteiger partial charge in [0.1, 0.15) is 5.02 Å². The molecule has 1 rings (SSSR count). The van der Waals surface area contributed by atoms with Crippen LogP contribution in [0.15, 0.2) is 11.0 Å².